The van der Waals surface area contributed by atoms with Crippen molar-refractivity contribution in [2.24, 2.45) is 10.8 Å². The van der Waals surface area contributed by atoms with Crippen molar-refractivity contribution in [3.63, 3.8) is 0 Å². The van der Waals surface area contributed by atoms with Gasteiger partial charge in [0.15, 0.2) is 17.2 Å². The summed E-state index contributed by atoms with van der Waals surface area (Å²) in [4.78, 5) is 39.7. The van der Waals surface area contributed by atoms with Crippen molar-refractivity contribution in [2.45, 2.75) is 89.8 Å². The molecule has 0 heterocycles. The maximum atomic E-state index is 14.1. The van der Waals surface area contributed by atoms with Crippen molar-refractivity contribution in [2.75, 3.05) is 0 Å². The first-order valence-electron chi connectivity index (χ1n) is 13.0. The van der Waals surface area contributed by atoms with Gasteiger partial charge in [-0.25, -0.2) is 0 Å². The molecule has 5 atom stereocenters. The second-order valence-electron chi connectivity index (χ2n) is 11.8. The Morgan fingerprint density at radius 3 is 2.19 bits per heavy atom. The molecule has 0 spiro atoms. The van der Waals surface area contributed by atoms with E-state index < -0.39 is 69.3 Å². The fraction of sp³-hybridized carbons (Fsp3) is 0.552. The number of benzene rings is 1. The molecular weight excluding hydrogens is 476 g/mol. The molecule has 198 valence electrons. The zero-order valence-electron chi connectivity index (χ0n) is 21.6. The molecular formula is C29H34O8. The number of aliphatic hydroxyl groups excluding tert-OH is 3. The molecule has 8 heteroatoms. The summed E-state index contributed by atoms with van der Waals surface area (Å²) in [6, 6.07) is 3.62. The third-order valence-corrected chi connectivity index (χ3v) is 9.95. The van der Waals surface area contributed by atoms with Gasteiger partial charge in [-0.15, -0.1) is 0 Å². The highest BCUT2D eigenvalue weighted by molar-refractivity contribution is 6.25. The largest absolute Gasteiger partial charge is 0.511 e. The van der Waals surface area contributed by atoms with Gasteiger partial charge < -0.3 is 25.5 Å². The molecule has 1 fully saturated rings. The first-order chi connectivity index (χ1) is 17.2. The maximum Gasteiger partial charge on any atom is 0.209 e. The summed E-state index contributed by atoms with van der Waals surface area (Å²) in [5.41, 5.74) is -5.99. The third-order valence-electron chi connectivity index (χ3n) is 9.95. The zero-order valence-corrected chi connectivity index (χ0v) is 21.6. The molecule has 8 nitrogen and oxygen atoms in total. The number of Topliss-reactive ketones (excluding diaryl/α,β-unsaturated/α-hetero) is 3. The number of carbonyl (C=O) groups excluding carboxylic acids is 3. The minimum Gasteiger partial charge on any atom is -0.511 e. The molecule has 1 aromatic rings. The van der Waals surface area contributed by atoms with Crippen LogP contribution >= 0.6 is 0 Å². The van der Waals surface area contributed by atoms with Crippen LogP contribution in [0.15, 0.2) is 34.8 Å². The zero-order chi connectivity index (χ0) is 27.2. The van der Waals surface area contributed by atoms with Crippen molar-refractivity contribution >= 4 is 17.3 Å². The van der Waals surface area contributed by atoms with Crippen molar-refractivity contribution in [3.05, 3.63) is 51.5 Å². The number of carbonyl (C=O) groups is 3. The molecule has 0 saturated heterocycles. The summed E-state index contributed by atoms with van der Waals surface area (Å²) in [6.07, 6.45) is 2.89. The number of ketones is 3. The molecule has 0 unspecified atom stereocenters. The van der Waals surface area contributed by atoms with Crippen molar-refractivity contribution < 1.29 is 39.9 Å². The topological polar surface area (TPSA) is 152 Å². The number of hydrogen-bond donors (Lipinski definition) is 5. The van der Waals surface area contributed by atoms with Crippen LogP contribution < -0.4 is 0 Å². The van der Waals surface area contributed by atoms with Gasteiger partial charge in [-0.05, 0) is 42.7 Å². The van der Waals surface area contributed by atoms with Gasteiger partial charge in [0.2, 0.25) is 5.78 Å². The van der Waals surface area contributed by atoms with Crippen LogP contribution in [0.3, 0.4) is 0 Å². The summed E-state index contributed by atoms with van der Waals surface area (Å²) in [6.45, 7) is 5.75. The predicted octanol–water partition coefficient (Wildman–Crippen LogP) is 4.04. The number of phenolic OH excluding ortho intramolecular Hbond substituents is 1. The number of allylic oxidation sites excluding steroid dienone is 1. The lowest BCUT2D eigenvalue weighted by atomic mass is 9.45. The molecule has 5 rings (SSSR count). The number of phenols is 1. The van der Waals surface area contributed by atoms with Crippen LogP contribution in [0.4, 0.5) is 0 Å². The van der Waals surface area contributed by atoms with Gasteiger partial charge in [-0.3, -0.25) is 14.4 Å². The Hall–Kier alpha value is -2.97. The van der Waals surface area contributed by atoms with E-state index in [0.717, 1.165) is 39.0 Å². The summed E-state index contributed by atoms with van der Waals surface area (Å²) < 4.78 is 0. The van der Waals surface area contributed by atoms with Crippen LogP contribution in [-0.4, -0.2) is 54.6 Å². The molecule has 0 bridgehead atoms. The van der Waals surface area contributed by atoms with Crippen molar-refractivity contribution in [1.82, 2.24) is 0 Å². The Balaban J connectivity index is 1.77. The van der Waals surface area contributed by atoms with E-state index in [0.29, 0.717) is 11.1 Å². The van der Waals surface area contributed by atoms with Gasteiger partial charge in [0.1, 0.15) is 22.8 Å². The van der Waals surface area contributed by atoms with E-state index in [1.165, 1.54) is 6.92 Å². The minimum absolute atomic E-state index is 0.00226. The summed E-state index contributed by atoms with van der Waals surface area (Å²) >= 11 is 0. The molecule has 0 aliphatic heterocycles. The predicted molar refractivity (Wildman–Crippen MR) is 133 cm³/mol. The van der Waals surface area contributed by atoms with Gasteiger partial charge in [-0.2, -0.15) is 0 Å². The lowest BCUT2D eigenvalue weighted by Crippen LogP contribution is -2.70. The van der Waals surface area contributed by atoms with E-state index >= 15 is 0 Å². The highest BCUT2D eigenvalue weighted by Crippen LogP contribution is 2.65. The molecule has 0 aromatic heterocycles. The molecule has 0 radical (unpaired) electrons. The number of fused-ring (bicyclic) bond motifs is 3. The quantitative estimate of drug-likeness (QED) is 0.374. The summed E-state index contributed by atoms with van der Waals surface area (Å²) in [7, 11) is 0. The van der Waals surface area contributed by atoms with Crippen LogP contribution in [0, 0.1) is 10.8 Å². The molecule has 5 N–H and O–H groups in total. The maximum absolute atomic E-state index is 14.1. The van der Waals surface area contributed by atoms with E-state index in [-0.39, 0.29) is 22.8 Å². The average molecular weight is 511 g/mol. The van der Waals surface area contributed by atoms with Crippen LogP contribution in [0.5, 0.6) is 5.75 Å². The Morgan fingerprint density at radius 2 is 1.59 bits per heavy atom. The SMILES string of the molecule is CC(=O)C1=C(O)C[C@@]2(C)[C@H](O)[C@]3(C)C(=C(O)[C@@]2(O)C1=O)C(=O)c1c(ccc(C2CCCCC2)c1O)[C@H]3C. The normalized spacial score (nSPS) is 36.3. The fourth-order valence-electron chi connectivity index (χ4n) is 7.62. The lowest BCUT2D eigenvalue weighted by Gasteiger charge is -2.60. The van der Waals surface area contributed by atoms with E-state index in [1.807, 2.05) is 6.07 Å². The van der Waals surface area contributed by atoms with E-state index in [9.17, 15) is 39.9 Å². The number of aliphatic hydroxyl groups is 4. The molecule has 4 aliphatic rings. The summed E-state index contributed by atoms with van der Waals surface area (Å²) in [5.74, 6) is -5.04. The Morgan fingerprint density at radius 1 is 1.00 bits per heavy atom. The van der Waals surface area contributed by atoms with Gasteiger partial charge in [0.05, 0.1) is 17.2 Å². The number of hydrogen-bond acceptors (Lipinski definition) is 8. The first-order valence-corrected chi connectivity index (χ1v) is 13.0. The molecule has 0 amide bonds. The van der Waals surface area contributed by atoms with Crippen LogP contribution in [0.25, 0.3) is 0 Å². The van der Waals surface area contributed by atoms with E-state index in [4.69, 9.17) is 0 Å². The van der Waals surface area contributed by atoms with Gasteiger partial charge in [-0.1, -0.05) is 52.2 Å². The Bertz CT molecular complexity index is 1320. The molecule has 4 aliphatic carbocycles. The first kappa shape index (κ1) is 25.7. The molecule has 37 heavy (non-hydrogen) atoms. The molecule has 1 saturated carbocycles. The van der Waals surface area contributed by atoms with Crippen LogP contribution in [0.1, 0.15) is 99.5 Å². The molecule has 1 aromatic carbocycles. The lowest BCUT2D eigenvalue weighted by molar-refractivity contribution is -0.191. The highest BCUT2D eigenvalue weighted by atomic mass is 16.4. The van der Waals surface area contributed by atoms with Gasteiger partial charge in [0, 0.05) is 17.3 Å². The average Bonchev–Trinajstić information content (AvgIpc) is 2.84. The van der Waals surface area contributed by atoms with Crippen LogP contribution in [-0.2, 0) is 9.59 Å². The third kappa shape index (κ3) is 2.94. The monoisotopic (exact) mass is 510 g/mol. The minimum atomic E-state index is -2.82. The van der Waals surface area contributed by atoms with Crippen molar-refractivity contribution in [1.29, 1.82) is 0 Å². The van der Waals surface area contributed by atoms with Crippen LogP contribution in [0.2, 0.25) is 0 Å². The number of rotatable bonds is 2. The van der Waals surface area contributed by atoms with Crippen molar-refractivity contribution in [3.8, 4) is 5.75 Å². The fourth-order valence-corrected chi connectivity index (χ4v) is 7.62. The van der Waals surface area contributed by atoms with Gasteiger partial charge in [0.25, 0.3) is 0 Å². The highest BCUT2D eigenvalue weighted by Gasteiger charge is 2.73. The smallest absolute Gasteiger partial charge is 0.209 e. The summed E-state index contributed by atoms with van der Waals surface area (Å²) in [5, 5.41) is 57.1. The number of aromatic hydroxyl groups is 1. The standard InChI is InChI=1S/C29H34O8/c1-13-16-10-11-17(15-8-6-5-7-9-15)22(32)20(16)23(33)21-25(35)29(37)24(34)19(14(2)30)18(31)12-27(29,3)26(36)28(13,21)4/h10-11,13,15,26,31-32,35-37H,5-9,12H2,1-4H3/t13-,26+,27+,28+,29+/m1/s1. The Labute approximate surface area is 215 Å². The van der Waals surface area contributed by atoms with E-state index in [2.05, 4.69) is 0 Å². The second kappa shape index (κ2) is 8.01. The van der Waals surface area contributed by atoms with Gasteiger partial charge >= 0.3 is 0 Å². The van der Waals surface area contributed by atoms with E-state index in [1.54, 1.807) is 19.9 Å². The second-order valence-corrected chi connectivity index (χ2v) is 11.8. The Kier molecular flexibility index (Phi) is 5.56.